The summed E-state index contributed by atoms with van der Waals surface area (Å²) in [6.07, 6.45) is 5.00. The van der Waals surface area contributed by atoms with E-state index in [4.69, 9.17) is 5.11 Å². The molecule has 37 heavy (non-hydrogen) atoms. The highest BCUT2D eigenvalue weighted by Crippen LogP contribution is 2.27. The number of aliphatic hydroxyl groups excluding tert-OH is 1. The van der Waals surface area contributed by atoms with Gasteiger partial charge in [-0.3, -0.25) is 9.78 Å². The van der Waals surface area contributed by atoms with Gasteiger partial charge in [-0.15, -0.1) is 0 Å². The zero-order valence-electron chi connectivity index (χ0n) is 21.0. The van der Waals surface area contributed by atoms with E-state index in [9.17, 15) is 4.79 Å². The third kappa shape index (κ3) is 6.54. The smallest absolute Gasteiger partial charge is 0.251 e. The molecule has 0 saturated heterocycles. The number of nitrogens with one attached hydrogen (secondary N) is 4. The van der Waals surface area contributed by atoms with Crippen LogP contribution in [-0.2, 0) is 0 Å². The molecule has 4 rings (SSSR count). The fourth-order valence-electron chi connectivity index (χ4n) is 4.04. The Balaban J connectivity index is 1.41. The van der Waals surface area contributed by atoms with Crippen molar-refractivity contribution in [3.63, 3.8) is 0 Å². The Hall–Kier alpha value is -4.15. The van der Waals surface area contributed by atoms with Crippen molar-refractivity contribution >= 4 is 28.4 Å². The van der Waals surface area contributed by atoms with E-state index in [-0.39, 0.29) is 18.4 Å². The number of rotatable bonds is 12. The Morgan fingerprint density at radius 1 is 0.973 bits per heavy atom. The first-order valence-corrected chi connectivity index (χ1v) is 12.3. The molecule has 5 N–H and O–H groups in total. The van der Waals surface area contributed by atoms with Gasteiger partial charge in [-0.1, -0.05) is 25.1 Å². The third-order valence-electron chi connectivity index (χ3n) is 6.02. The molecule has 10 nitrogen and oxygen atoms in total. The summed E-state index contributed by atoms with van der Waals surface area (Å²) in [6, 6.07) is 13.5. The summed E-state index contributed by atoms with van der Waals surface area (Å²) < 4.78 is 0. The minimum Gasteiger partial charge on any atom is -0.395 e. The minimum absolute atomic E-state index is 0.119. The van der Waals surface area contributed by atoms with Gasteiger partial charge in [0.05, 0.1) is 23.4 Å². The Kier molecular flexibility index (Phi) is 8.90. The van der Waals surface area contributed by atoms with Crippen molar-refractivity contribution in [3.05, 3.63) is 72.3 Å². The molecule has 4 aromatic rings. The number of benzene rings is 1. The minimum atomic E-state index is -0.128. The normalized spacial score (nSPS) is 11.8. The zero-order valence-corrected chi connectivity index (χ0v) is 21.0. The number of aliphatic hydroxyl groups is 1. The van der Waals surface area contributed by atoms with Gasteiger partial charge in [0.15, 0.2) is 0 Å². The third-order valence-corrected chi connectivity index (χ3v) is 6.02. The molecule has 0 radical (unpaired) electrons. The van der Waals surface area contributed by atoms with Crippen LogP contribution in [0.1, 0.15) is 28.8 Å². The van der Waals surface area contributed by atoms with Crippen molar-refractivity contribution in [2.45, 2.75) is 12.8 Å². The molecule has 0 aliphatic rings. The molecule has 0 aliphatic heterocycles. The van der Waals surface area contributed by atoms with Gasteiger partial charge in [-0.25, -0.2) is 15.0 Å². The summed E-state index contributed by atoms with van der Waals surface area (Å²) in [5.41, 5.74) is 4.16. The second-order valence-corrected chi connectivity index (χ2v) is 8.58. The Morgan fingerprint density at radius 3 is 2.65 bits per heavy atom. The summed E-state index contributed by atoms with van der Waals surface area (Å²) in [5, 5.41) is 22.1. The number of carbonyl (C=O) groups excluding carboxylic acids is 1. The van der Waals surface area contributed by atoms with E-state index >= 15 is 0 Å². The average Bonchev–Trinajstić information content (AvgIpc) is 2.95. The lowest BCUT2D eigenvalue weighted by Gasteiger charge is -2.16. The van der Waals surface area contributed by atoms with E-state index in [0.717, 1.165) is 40.1 Å². The monoisotopic (exact) mass is 500 g/mol. The SMILES string of the molecule is CNC(=O)c1ccnc2c([C@H](C)CNc3cc(-c4ccc(NCCNCCO)nc4)ncn3)cccc12. The van der Waals surface area contributed by atoms with Gasteiger partial charge in [0.2, 0.25) is 0 Å². The van der Waals surface area contributed by atoms with E-state index in [0.29, 0.717) is 31.0 Å². The fraction of sp³-hybridized carbons (Fsp3) is 0.296. The summed E-state index contributed by atoms with van der Waals surface area (Å²) >= 11 is 0. The van der Waals surface area contributed by atoms with E-state index in [1.54, 1.807) is 25.5 Å². The molecular weight excluding hydrogens is 468 g/mol. The molecule has 0 aliphatic carbocycles. The molecule has 0 saturated carbocycles. The Bertz CT molecular complexity index is 1330. The van der Waals surface area contributed by atoms with Crippen LogP contribution in [0.25, 0.3) is 22.2 Å². The highest BCUT2D eigenvalue weighted by atomic mass is 16.3. The van der Waals surface area contributed by atoms with Gasteiger partial charge < -0.3 is 26.4 Å². The van der Waals surface area contributed by atoms with Gasteiger partial charge in [0.1, 0.15) is 18.0 Å². The van der Waals surface area contributed by atoms with Crippen molar-refractivity contribution in [2.24, 2.45) is 0 Å². The maximum absolute atomic E-state index is 12.3. The Morgan fingerprint density at radius 2 is 1.86 bits per heavy atom. The number of pyridine rings is 2. The molecule has 192 valence electrons. The lowest BCUT2D eigenvalue weighted by atomic mass is 9.96. The maximum atomic E-state index is 12.3. The molecule has 3 aromatic heterocycles. The molecule has 1 atom stereocenters. The number of anilines is 2. The summed E-state index contributed by atoms with van der Waals surface area (Å²) in [4.78, 5) is 30.1. The van der Waals surface area contributed by atoms with Crippen LogP contribution in [0.5, 0.6) is 0 Å². The summed E-state index contributed by atoms with van der Waals surface area (Å²) in [7, 11) is 1.63. The number of nitrogens with zero attached hydrogens (tertiary/aromatic N) is 4. The zero-order chi connectivity index (χ0) is 26.0. The molecule has 1 aromatic carbocycles. The second-order valence-electron chi connectivity index (χ2n) is 8.58. The highest BCUT2D eigenvalue weighted by molar-refractivity contribution is 6.06. The first-order chi connectivity index (χ1) is 18.1. The van der Waals surface area contributed by atoms with Crippen molar-refractivity contribution in [2.75, 3.05) is 50.5 Å². The van der Waals surface area contributed by atoms with Crippen LogP contribution in [-0.4, -0.2) is 70.8 Å². The first-order valence-electron chi connectivity index (χ1n) is 12.3. The van der Waals surface area contributed by atoms with E-state index in [1.807, 2.05) is 36.4 Å². The summed E-state index contributed by atoms with van der Waals surface area (Å²) in [6.45, 7) is 4.91. The standard InChI is InChI=1S/C27H32N8O2/c1-18(20-4-3-5-21-22(27(37)28-2)8-9-31-26(20)21)15-32-25-14-23(34-17-35-25)19-6-7-24(33-16-19)30-11-10-29-12-13-36/h3-9,14,16-18,29,36H,10-13,15H2,1-2H3,(H,28,37)(H,30,33)(H,32,34,35)/t18-/m1/s1. The number of amides is 1. The van der Waals surface area contributed by atoms with E-state index in [2.05, 4.69) is 48.1 Å². The average molecular weight is 501 g/mol. The van der Waals surface area contributed by atoms with Crippen LogP contribution < -0.4 is 21.3 Å². The van der Waals surface area contributed by atoms with Gasteiger partial charge in [0.25, 0.3) is 5.91 Å². The second kappa shape index (κ2) is 12.7. The molecule has 0 spiro atoms. The van der Waals surface area contributed by atoms with Crippen LogP contribution in [0, 0.1) is 0 Å². The number of aromatic nitrogens is 4. The van der Waals surface area contributed by atoms with Gasteiger partial charge in [0, 0.05) is 68.6 Å². The van der Waals surface area contributed by atoms with E-state index < -0.39 is 0 Å². The molecule has 1 amide bonds. The highest BCUT2D eigenvalue weighted by Gasteiger charge is 2.15. The van der Waals surface area contributed by atoms with Gasteiger partial charge in [-0.05, 0) is 23.8 Å². The topological polar surface area (TPSA) is 137 Å². The van der Waals surface area contributed by atoms with Crippen LogP contribution in [0.4, 0.5) is 11.6 Å². The lowest BCUT2D eigenvalue weighted by Crippen LogP contribution is -2.25. The molecule has 0 fully saturated rings. The predicted molar refractivity (Wildman–Crippen MR) is 146 cm³/mol. The number of hydrogen-bond acceptors (Lipinski definition) is 9. The first kappa shape index (κ1) is 25.9. The lowest BCUT2D eigenvalue weighted by molar-refractivity contribution is 0.0964. The molecule has 3 heterocycles. The van der Waals surface area contributed by atoms with Crippen LogP contribution >= 0.6 is 0 Å². The number of carbonyl (C=O) groups is 1. The van der Waals surface area contributed by atoms with Crippen molar-refractivity contribution in [1.29, 1.82) is 0 Å². The molecule has 0 bridgehead atoms. The quantitative estimate of drug-likeness (QED) is 0.186. The van der Waals surface area contributed by atoms with Crippen LogP contribution in [0.15, 0.2) is 61.2 Å². The number of hydrogen-bond donors (Lipinski definition) is 5. The van der Waals surface area contributed by atoms with E-state index in [1.165, 1.54) is 6.33 Å². The molecular formula is C27H32N8O2. The summed E-state index contributed by atoms with van der Waals surface area (Å²) in [5.74, 6) is 1.48. The van der Waals surface area contributed by atoms with Crippen molar-refractivity contribution < 1.29 is 9.90 Å². The predicted octanol–water partition coefficient (Wildman–Crippen LogP) is 2.66. The maximum Gasteiger partial charge on any atom is 0.251 e. The van der Waals surface area contributed by atoms with Crippen LogP contribution in [0.3, 0.4) is 0 Å². The van der Waals surface area contributed by atoms with Crippen molar-refractivity contribution in [3.8, 4) is 11.3 Å². The number of para-hydroxylation sites is 1. The van der Waals surface area contributed by atoms with Crippen molar-refractivity contribution in [1.82, 2.24) is 30.6 Å². The number of fused-ring (bicyclic) bond motifs is 1. The fourth-order valence-corrected chi connectivity index (χ4v) is 4.04. The Labute approximate surface area is 216 Å². The molecule has 10 heteroatoms. The van der Waals surface area contributed by atoms with Crippen LogP contribution in [0.2, 0.25) is 0 Å². The van der Waals surface area contributed by atoms with Gasteiger partial charge >= 0.3 is 0 Å². The largest absolute Gasteiger partial charge is 0.395 e. The van der Waals surface area contributed by atoms with Gasteiger partial charge in [-0.2, -0.15) is 0 Å². The molecule has 0 unspecified atom stereocenters.